The Morgan fingerprint density at radius 3 is 2.74 bits per heavy atom. The molecule has 19 heavy (non-hydrogen) atoms. The van der Waals surface area contributed by atoms with Crippen molar-refractivity contribution in [1.82, 2.24) is 5.32 Å². The number of nitrogens with one attached hydrogen (secondary N) is 1. The minimum atomic E-state index is 0.817. The van der Waals surface area contributed by atoms with Crippen molar-refractivity contribution in [3.05, 3.63) is 34.2 Å². The molecule has 2 rings (SSSR count). The zero-order valence-electron chi connectivity index (χ0n) is 11.7. The highest BCUT2D eigenvalue weighted by Gasteiger charge is 2.08. The minimum absolute atomic E-state index is 0.817. The Bertz CT molecular complexity index is 518. The summed E-state index contributed by atoms with van der Waals surface area (Å²) >= 11 is 8.21. The molecule has 0 spiro atoms. The van der Waals surface area contributed by atoms with Gasteiger partial charge in [-0.3, -0.25) is 0 Å². The van der Waals surface area contributed by atoms with Gasteiger partial charge in [0.05, 0.1) is 5.02 Å². The van der Waals surface area contributed by atoms with Gasteiger partial charge in [0, 0.05) is 21.5 Å². The van der Waals surface area contributed by atoms with E-state index in [2.05, 4.69) is 37.4 Å². The van der Waals surface area contributed by atoms with E-state index in [0.717, 1.165) is 24.0 Å². The zero-order chi connectivity index (χ0) is 13.7. The quantitative estimate of drug-likeness (QED) is 0.668. The fraction of sp³-hybridized carbons (Fsp3) is 0.500. The highest BCUT2D eigenvalue weighted by molar-refractivity contribution is 7.19. The van der Waals surface area contributed by atoms with Gasteiger partial charge in [0.1, 0.15) is 0 Å². The maximum atomic E-state index is 6.41. The van der Waals surface area contributed by atoms with Gasteiger partial charge in [0.15, 0.2) is 0 Å². The Kier molecular flexibility index (Phi) is 5.68. The van der Waals surface area contributed by atoms with Gasteiger partial charge in [-0.15, -0.1) is 11.3 Å². The van der Waals surface area contributed by atoms with E-state index >= 15 is 0 Å². The Labute approximate surface area is 125 Å². The highest BCUT2D eigenvalue weighted by Crippen LogP contribution is 2.34. The summed E-state index contributed by atoms with van der Waals surface area (Å²) < 4.78 is 1.28. The van der Waals surface area contributed by atoms with E-state index in [1.165, 1.54) is 34.2 Å². The molecular weight excluding hydrogens is 274 g/mol. The van der Waals surface area contributed by atoms with Crippen LogP contribution in [0.1, 0.15) is 38.0 Å². The third-order valence-electron chi connectivity index (χ3n) is 3.27. The Balaban J connectivity index is 1.80. The van der Waals surface area contributed by atoms with Crippen LogP contribution in [0.25, 0.3) is 10.1 Å². The van der Waals surface area contributed by atoms with Crippen LogP contribution in [0.5, 0.6) is 0 Å². The molecule has 0 aliphatic carbocycles. The molecule has 0 saturated carbocycles. The molecule has 0 aliphatic rings. The predicted molar refractivity (Wildman–Crippen MR) is 87.2 cm³/mol. The summed E-state index contributed by atoms with van der Waals surface area (Å²) in [6.45, 7) is 6.53. The highest BCUT2D eigenvalue weighted by atomic mass is 35.5. The molecule has 0 aliphatic heterocycles. The van der Waals surface area contributed by atoms with Crippen molar-refractivity contribution in [1.29, 1.82) is 0 Å². The zero-order valence-corrected chi connectivity index (χ0v) is 13.3. The SMILES string of the molecule is CC(C)CCCCNCc1sc2ccccc2c1Cl. The number of halogens is 1. The summed E-state index contributed by atoms with van der Waals surface area (Å²) in [5, 5.41) is 5.62. The van der Waals surface area contributed by atoms with Gasteiger partial charge in [-0.25, -0.2) is 0 Å². The maximum absolute atomic E-state index is 6.41. The minimum Gasteiger partial charge on any atom is -0.312 e. The Hall–Kier alpha value is -0.570. The second kappa shape index (κ2) is 7.28. The third kappa shape index (κ3) is 4.20. The monoisotopic (exact) mass is 295 g/mol. The number of hydrogen-bond acceptors (Lipinski definition) is 2. The molecule has 1 N–H and O–H groups in total. The van der Waals surface area contributed by atoms with Crippen molar-refractivity contribution in [2.24, 2.45) is 5.92 Å². The lowest BCUT2D eigenvalue weighted by atomic mass is 10.1. The van der Waals surface area contributed by atoms with Gasteiger partial charge >= 0.3 is 0 Å². The van der Waals surface area contributed by atoms with Crippen molar-refractivity contribution in [3.8, 4) is 0 Å². The molecule has 1 nitrogen and oxygen atoms in total. The molecule has 0 atom stereocenters. The topological polar surface area (TPSA) is 12.0 Å². The number of unbranched alkanes of at least 4 members (excludes halogenated alkanes) is 1. The van der Waals surface area contributed by atoms with Gasteiger partial charge in [0.25, 0.3) is 0 Å². The first-order valence-corrected chi connectivity index (χ1v) is 8.24. The molecule has 104 valence electrons. The second-order valence-corrected chi connectivity index (χ2v) is 6.92. The molecule has 0 amide bonds. The molecule has 1 heterocycles. The first-order chi connectivity index (χ1) is 9.18. The number of benzene rings is 1. The maximum Gasteiger partial charge on any atom is 0.0636 e. The van der Waals surface area contributed by atoms with Gasteiger partial charge < -0.3 is 5.32 Å². The van der Waals surface area contributed by atoms with Gasteiger partial charge in [-0.1, -0.05) is 56.5 Å². The molecule has 1 aromatic carbocycles. The standard InChI is InChI=1S/C16H22ClNS/c1-12(2)7-5-6-10-18-11-15-16(17)13-8-3-4-9-14(13)19-15/h3-4,8-9,12,18H,5-7,10-11H2,1-2H3. The van der Waals surface area contributed by atoms with Crippen molar-refractivity contribution < 1.29 is 0 Å². The lowest BCUT2D eigenvalue weighted by Crippen LogP contribution is -2.14. The normalized spacial score (nSPS) is 11.6. The summed E-state index contributed by atoms with van der Waals surface area (Å²) in [7, 11) is 0. The average Bonchev–Trinajstić information content (AvgIpc) is 2.71. The van der Waals surface area contributed by atoms with E-state index in [1.54, 1.807) is 11.3 Å². The molecule has 0 fully saturated rings. The molecule has 0 unspecified atom stereocenters. The van der Waals surface area contributed by atoms with Crippen LogP contribution in [0.15, 0.2) is 24.3 Å². The average molecular weight is 296 g/mol. The molecular formula is C16H22ClNS. The van der Waals surface area contributed by atoms with E-state index in [-0.39, 0.29) is 0 Å². The van der Waals surface area contributed by atoms with Crippen LogP contribution in [-0.2, 0) is 6.54 Å². The lowest BCUT2D eigenvalue weighted by Gasteiger charge is -2.05. The largest absolute Gasteiger partial charge is 0.312 e. The van der Waals surface area contributed by atoms with Crippen LogP contribution in [0.3, 0.4) is 0 Å². The van der Waals surface area contributed by atoms with Crippen molar-refractivity contribution in [2.75, 3.05) is 6.54 Å². The van der Waals surface area contributed by atoms with Crippen molar-refractivity contribution >= 4 is 33.0 Å². The van der Waals surface area contributed by atoms with Crippen LogP contribution >= 0.6 is 22.9 Å². The number of fused-ring (bicyclic) bond motifs is 1. The Morgan fingerprint density at radius 2 is 2.00 bits per heavy atom. The van der Waals surface area contributed by atoms with Crippen LogP contribution in [0.4, 0.5) is 0 Å². The van der Waals surface area contributed by atoms with Crippen LogP contribution in [0, 0.1) is 5.92 Å². The molecule has 0 bridgehead atoms. The van der Waals surface area contributed by atoms with Crippen molar-refractivity contribution in [2.45, 2.75) is 39.7 Å². The Morgan fingerprint density at radius 1 is 1.21 bits per heavy atom. The second-order valence-electron chi connectivity index (χ2n) is 5.40. The fourth-order valence-electron chi connectivity index (χ4n) is 2.18. The number of rotatable bonds is 7. The smallest absolute Gasteiger partial charge is 0.0636 e. The molecule has 3 heteroatoms. The fourth-order valence-corrected chi connectivity index (χ4v) is 3.65. The number of thiophene rings is 1. The van der Waals surface area contributed by atoms with E-state index in [1.807, 2.05) is 6.07 Å². The molecule has 2 aromatic rings. The summed E-state index contributed by atoms with van der Waals surface area (Å²) in [6, 6.07) is 8.35. The van der Waals surface area contributed by atoms with Gasteiger partial charge in [0.2, 0.25) is 0 Å². The van der Waals surface area contributed by atoms with Crippen LogP contribution in [0.2, 0.25) is 5.02 Å². The van der Waals surface area contributed by atoms with Crippen LogP contribution in [-0.4, -0.2) is 6.54 Å². The van der Waals surface area contributed by atoms with E-state index in [4.69, 9.17) is 11.6 Å². The summed E-state index contributed by atoms with van der Waals surface area (Å²) in [6.07, 6.45) is 3.89. The van der Waals surface area contributed by atoms with Gasteiger partial charge in [-0.05, 0) is 24.9 Å². The summed E-state index contributed by atoms with van der Waals surface area (Å²) in [4.78, 5) is 1.26. The van der Waals surface area contributed by atoms with E-state index < -0.39 is 0 Å². The van der Waals surface area contributed by atoms with Crippen molar-refractivity contribution in [3.63, 3.8) is 0 Å². The lowest BCUT2D eigenvalue weighted by molar-refractivity contribution is 0.521. The van der Waals surface area contributed by atoms with E-state index in [9.17, 15) is 0 Å². The third-order valence-corrected chi connectivity index (χ3v) is 4.99. The molecule has 0 radical (unpaired) electrons. The first kappa shape index (κ1) is 14.8. The molecule has 1 aromatic heterocycles. The van der Waals surface area contributed by atoms with Crippen LogP contribution < -0.4 is 5.32 Å². The molecule has 0 saturated heterocycles. The van der Waals surface area contributed by atoms with E-state index in [0.29, 0.717) is 0 Å². The van der Waals surface area contributed by atoms with Gasteiger partial charge in [-0.2, -0.15) is 0 Å². The summed E-state index contributed by atoms with van der Waals surface area (Å²) in [5.74, 6) is 0.817. The first-order valence-electron chi connectivity index (χ1n) is 7.05. The summed E-state index contributed by atoms with van der Waals surface area (Å²) in [5.41, 5.74) is 0. The predicted octanol–water partition coefficient (Wildman–Crippen LogP) is 5.47. The number of hydrogen-bond donors (Lipinski definition) is 1.